The third-order valence-electron chi connectivity index (χ3n) is 5.52. The Hall–Kier alpha value is -2.45. The average molecular weight is 435 g/mol. The van der Waals surface area contributed by atoms with Crippen LogP contribution in [0, 0.1) is 11.7 Å². The van der Waals surface area contributed by atoms with Crippen LogP contribution in [-0.2, 0) is 14.8 Å². The van der Waals surface area contributed by atoms with Crippen molar-refractivity contribution >= 4 is 15.9 Å². The second kappa shape index (κ2) is 9.57. The van der Waals surface area contributed by atoms with Crippen LogP contribution in [0.3, 0.4) is 0 Å². The number of hydrogen-bond donors (Lipinski definition) is 1. The molecule has 1 aliphatic rings. The van der Waals surface area contributed by atoms with Crippen molar-refractivity contribution in [3.05, 3.63) is 59.9 Å². The number of hydrogen-bond acceptors (Lipinski definition) is 4. The highest BCUT2D eigenvalue weighted by molar-refractivity contribution is 7.89. The Bertz CT molecular complexity index is 954. The van der Waals surface area contributed by atoms with Gasteiger partial charge in [-0.1, -0.05) is 19.1 Å². The first-order valence-electron chi connectivity index (χ1n) is 10.0. The van der Waals surface area contributed by atoms with Crippen molar-refractivity contribution in [1.29, 1.82) is 0 Å². The molecule has 0 unspecified atom stereocenters. The minimum atomic E-state index is -3.68. The molecule has 1 aliphatic heterocycles. The normalized spacial score (nSPS) is 16.8. The Kier molecular flexibility index (Phi) is 7.10. The Morgan fingerprint density at radius 2 is 1.73 bits per heavy atom. The fraction of sp³-hybridized carbons (Fsp3) is 0.409. The fourth-order valence-electron chi connectivity index (χ4n) is 3.66. The van der Waals surface area contributed by atoms with Crippen molar-refractivity contribution in [2.45, 2.75) is 37.1 Å². The van der Waals surface area contributed by atoms with Gasteiger partial charge in [0.15, 0.2) is 0 Å². The van der Waals surface area contributed by atoms with E-state index in [0.29, 0.717) is 12.8 Å². The predicted molar refractivity (Wildman–Crippen MR) is 112 cm³/mol. The van der Waals surface area contributed by atoms with E-state index in [9.17, 15) is 17.6 Å². The summed E-state index contributed by atoms with van der Waals surface area (Å²) in [4.78, 5) is 12.8. The lowest BCUT2D eigenvalue weighted by Gasteiger charge is -2.31. The van der Waals surface area contributed by atoms with E-state index in [-0.39, 0.29) is 35.9 Å². The lowest BCUT2D eigenvalue weighted by Crippen LogP contribution is -2.43. The average Bonchev–Trinajstić information content (AvgIpc) is 2.78. The number of nitrogens with one attached hydrogen (secondary N) is 1. The first kappa shape index (κ1) is 22.2. The van der Waals surface area contributed by atoms with Crippen molar-refractivity contribution in [2.24, 2.45) is 5.92 Å². The van der Waals surface area contributed by atoms with Crippen molar-refractivity contribution in [3.63, 3.8) is 0 Å². The van der Waals surface area contributed by atoms with Crippen LogP contribution < -0.4 is 10.1 Å². The van der Waals surface area contributed by atoms with Crippen LogP contribution in [0.4, 0.5) is 4.39 Å². The number of halogens is 1. The number of piperidine rings is 1. The summed E-state index contributed by atoms with van der Waals surface area (Å²) in [5.74, 6) is -0.0187. The van der Waals surface area contributed by atoms with Crippen LogP contribution in [0.1, 0.15) is 37.8 Å². The Balaban J connectivity index is 1.59. The van der Waals surface area contributed by atoms with E-state index < -0.39 is 15.8 Å². The van der Waals surface area contributed by atoms with Gasteiger partial charge in [0, 0.05) is 19.0 Å². The molecule has 162 valence electrons. The van der Waals surface area contributed by atoms with Crippen LogP contribution in [0.5, 0.6) is 5.75 Å². The molecule has 1 N–H and O–H groups in total. The Morgan fingerprint density at radius 3 is 2.27 bits per heavy atom. The van der Waals surface area contributed by atoms with Gasteiger partial charge in [0.2, 0.25) is 15.9 Å². The zero-order chi connectivity index (χ0) is 21.7. The smallest absolute Gasteiger partial charge is 0.243 e. The number of nitrogens with zero attached hydrogens (tertiary/aromatic N) is 1. The molecular formula is C22H27FN2O4S. The quantitative estimate of drug-likeness (QED) is 0.724. The van der Waals surface area contributed by atoms with Crippen molar-refractivity contribution < 1.29 is 22.3 Å². The maximum absolute atomic E-state index is 13.1. The second-order valence-electron chi connectivity index (χ2n) is 7.37. The number of rotatable bonds is 7. The number of carbonyl (C=O) groups excluding carboxylic acids is 1. The number of ether oxygens (including phenoxy) is 1. The monoisotopic (exact) mass is 434 g/mol. The lowest BCUT2D eigenvalue weighted by atomic mass is 9.95. The molecular weight excluding hydrogens is 407 g/mol. The van der Waals surface area contributed by atoms with E-state index in [4.69, 9.17) is 4.74 Å². The molecule has 6 nitrogen and oxygen atoms in total. The van der Waals surface area contributed by atoms with E-state index in [0.717, 1.165) is 29.9 Å². The van der Waals surface area contributed by atoms with Crippen LogP contribution in [0.2, 0.25) is 0 Å². The molecule has 0 bridgehead atoms. The Labute approximate surface area is 177 Å². The summed E-state index contributed by atoms with van der Waals surface area (Å²) < 4.78 is 45.1. The molecule has 30 heavy (non-hydrogen) atoms. The highest BCUT2D eigenvalue weighted by Gasteiger charge is 2.32. The molecule has 0 saturated carbocycles. The van der Waals surface area contributed by atoms with Gasteiger partial charge in [-0.3, -0.25) is 4.79 Å². The van der Waals surface area contributed by atoms with E-state index in [2.05, 4.69) is 5.32 Å². The third-order valence-corrected chi connectivity index (χ3v) is 7.43. The molecule has 2 aromatic rings. The van der Waals surface area contributed by atoms with E-state index in [1.165, 1.54) is 16.4 Å². The minimum Gasteiger partial charge on any atom is -0.497 e. The van der Waals surface area contributed by atoms with Crippen LogP contribution in [0.15, 0.2) is 53.4 Å². The van der Waals surface area contributed by atoms with Crippen LogP contribution >= 0.6 is 0 Å². The van der Waals surface area contributed by atoms with Gasteiger partial charge < -0.3 is 10.1 Å². The zero-order valence-corrected chi connectivity index (χ0v) is 18.0. The molecule has 1 saturated heterocycles. The first-order chi connectivity index (χ1) is 14.3. The lowest BCUT2D eigenvalue weighted by molar-refractivity contribution is -0.126. The van der Waals surface area contributed by atoms with Gasteiger partial charge in [-0.05, 0) is 61.2 Å². The first-order valence-corrected chi connectivity index (χ1v) is 11.5. The van der Waals surface area contributed by atoms with Gasteiger partial charge in [-0.25, -0.2) is 12.8 Å². The van der Waals surface area contributed by atoms with Gasteiger partial charge in [-0.2, -0.15) is 4.31 Å². The summed E-state index contributed by atoms with van der Waals surface area (Å²) in [6.07, 6.45) is 1.65. The Morgan fingerprint density at radius 1 is 1.13 bits per heavy atom. The topological polar surface area (TPSA) is 75.7 Å². The van der Waals surface area contributed by atoms with Crippen molar-refractivity contribution in [3.8, 4) is 5.75 Å². The molecule has 0 aromatic heterocycles. The molecule has 2 aromatic carbocycles. The summed E-state index contributed by atoms with van der Waals surface area (Å²) in [6, 6.07) is 12.3. The van der Waals surface area contributed by atoms with Gasteiger partial charge >= 0.3 is 0 Å². The van der Waals surface area contributed by atoms with E-state index in [1.807, 2.05) is 31.2 Å². The SMILES string of the molecule is CC[C@H](NC(=O)C1CCN(S(=O)(=O)c2ccc(F)cc2)CC1)c1ccc(OC)cc1. The predicted octanol–water partition coefficient (Wildman–Crippen LogP) is 3.50. The number of carbonyl (C=O) groups is 1. The van der Waals surface area contributed by atoms with Crippen molar-refractivity contribution in [2.75, 3.05) is 20.2 Å². The third kappa shape index (κ3) is 4.99. The fourth-order valence-corrected chi connectivity index (χ4v) is 5.13. The highest BCUT2D eigenvalue weighted by Crippen LogP contribution is 2.26. The van der Waals surface area contributed by atoms with E-state index in [1.54, 1.807) is 7.11 Å². The summed E-state index contributed by atoms with van der Waals surface area (Å²) in [7, 11) is -2.07. The molecule has 8 heteroatoms. The van der Waals surface area contributed by atoms with E-state index >= 15 is 0 Å². The number of amides is 1. The van der Waals surface area contributed by atoms with Gasteiger partial charge in [0.05, 0.1) is 18.0 Å². The molecule has 1 heterocycles. The summed E-state index contributed by atoms with van der Waals surface area (Å²) in [5, 5.41) is 3.09. The summed E-state index contributed by atoms with van der Waals surface area (Å²) in [6.45, 7) is 2.53. The largest absolute Gasteiger partial charge is 0.497 e. The number of benzene rings is 2. The second-order valence-corrected chi connectivity index (χ2v) is 9.31. The summed E-state index contributed by atoms with van der Waals surface area (Å²) in [5.41, 5.74) is 1.00. The van der Waals surface area contributed by atoms with Gasteiger partial charge in [0.25, 0.3) is 0 Å². The molecule has 0 radical (unpaired) electrons. The molecule has 3 rings (SSSR count). The number of sulfonamides is 1. The summed E-state index contributed by atoms with van der Waals surface area (Å²) >= 11 is 0. The molecule has 1 atom stereocenters. The standard InChI is InChI=1S/C22H27FN2O4S/c1-3-21(16-4-8-19(29-2)9-5-16)24-22(26)17-12-14-25(15-13-17)30(27,28)20-10-6-18(23)7-11-20/h4-11,17,21H,3,12-15H2,1-2H3,(H,24,26)/t21-/m0/s1. The maximum atomic E-state index is 13.1. The van der Waals surface area contributed by atoms with Crippen molar-refractivity contribution in [1.82, 2.24) is 9.62 Å². The maximum Gasteiger partial charge on any atom is 0.243 e. The highest BCUT2D eigenvalue weighted by atomic mass is 32.2. The van der Waals surface area contributed by atoms with Gasteiger partial charge in [-0.15, -0.1) is 0 Å². The number of methoxy groups -OCH3 is 1. The van der Waals surface area contributed by atoms with Crippen LogP contribution in [-0.4, -0.2) is 38.8 Å². The molecule has 1 amide bonds. The molecule has 0 spiro atoms. The molecule has 1 fully saturated rings. The van der Waals surface area contributed by atoms with Gasteiger partial charge in [0.1, 0.15) is 11.6 Å². The molecule has 0 aliphatic carbocycles. The van der Waals surface area contributed by atoms with Crippen LogP contribution in [0.25, 0.3) is 0 Å². The zero-order valence-electron chi connectivity index (χ0n) is 17.2. The minimum absolute atomic E-state index is 0.0588.